The summed E-state index contributed by atoms with van der Waals surface area (Å²) in [4.78, 5) is 10.8. The molecule has 1 rings (SSSR count). The molecular weight excluding hydrogens is 176 g/mol. The van der Waals surface area contributed by atoms with Gasteiger partial charge in [0.15, 0.2) is 0 Å². The highest BCUT2D eigenvalue weighted by Gasteiger charge is 2.09. The minimum absolute atomic E-state index is 0.379. The molecule has 0 saturated heterocycles. The maximum absolute atomic E-state index is 10.8. The van der Waals surface area contributed by atoms with Gasteiger partial charge in [0, 0.05) is 0 Å². The second-order valence-corrected chi connectivity index (χ2v) is 3.73. The molecule has 0 amide bonds. The average Bonchev–Trinajstić information content (AvgIpc) is 2.16. The number of carboxylic acid groups (broad SMARTS) is 1. The van der Waals surface area contributed by atoms with Gasteiger partial charge < -0.3 is 5.11 Å². The van der Waals surface area contributed by atoms with Crippen molar-refractivity contribution in [2.24, 2.45) is 0 Å². The molecule has 1 aromatic rings. The van der Waals surface area contributed by atoms with Crippen LogP contribution in [-0.4, -0.2) is 11.1 Å². The average molecular weight is 192 g/mol. The van der Waals surface area contributed by atoms with Crippen molar-refractivity contribution in [3.05, 3.63) is 34.9 Å². The summed E-state index contributed by atoms with van der Waals surface area (Å²) >= 11 is 0. The van der Waals surface area contributed by atoms with Crippen LogP contribution >= 0.6 is 0 Å². The minimum Gasteiger partial charge on any atom is -0.478 e. The lowest BCUT2D eigenvalue weighted by Crippen LogP contribution is -2.01. The maximum atomic E-state index is 10.8. The van der Waals surface area contributed by atoms with Crippen LogP contribution < -0.4 is 0 Å². The first kappa shape index (κ1) is 10.8. The van der Waals surface area contributed by atoms with E-state index in [2.05, 4.69) is 20.8 Å². The fraction of sp³-hybridized carbons (Fsp3) is 0.417. The monoisotopic (exact) mass is 192 g/mol. The molecule has 0 heterocycles. The van der Waals surface area contributed by atoms with Gasteiger partial charge in [-0.2, -0.15) is 0 Å². The first-order valence-corrected chi connectivity index (χ1v) is 4.92. The van der Waals surface area contributed by atoms with Crippen molar-refractivity contribution in [1.29, 1.82) is 0 Å². The number of hydrogen-bond donors (Lipinski definition) is 1. The number of carboxylic acids is 1. The molecule has 0 spiro atoms. The Morgan fingerprint density at radius 3 is 2.50 bits per heavy atom. The summed E-state index contributed by atoms with van der Waals surface area (Å²) in [6, 6.07) is 5.37. The molecule has 0 fully saturated rings. The van der Waals surface area contributed by atoms with Crippen molar-refractivity contribution in [3.8, 4) is 0 Å². The largest absolute Gasteiger partial charge is 0.478 e. The van der Waals surface area contributed by atoms with Gasteiger partial charge in [-0.15, -0.1) is 0 Å². The molecule has 1 N–H and O–H groups in total. The van der Waals surface area contributed by atoms with Crippen LogP contribution in [0.3, 0.4) is 0 Å². The summed E-state index contributed by atoms with van der Waals surface area (Å²) in [7, 11) is 0. The summed E-state index contributed by atoms with van der Waals surface area (Å²) in [6.07, 6.45) is 0.952. The molecule has 0 bridgehead atoms. The van der Waals surface area contributed by atoms with Crippen LogP contribution in [0, 0.1) is 0 Å². The normalized spacial score (nSPS) is 10.6. The smallest absolute Gasteiger partial charge is 0.335 e. The standard InChI is InChI=1S/C12H16O2/c1-4-9-5-6-10(12(13)14)7-11(9)8(2)3/h5-8H,4H2,1-3H3,(H,13,14). The third-order valence-corrected chi connectivity index (χ3v) is 2.40. The first-order valence-electron chi connectivity index (χ1n) is 4.92. The van der Waals surface area contributed by atoms with Gasteiger partial charge in [-0.25, -0.2) is 4.79 Å². The zero-order valence-corrected chi connectivity index (χ0v) is 8.87. The van der Waals surface area contributed by atoms with Crippen molar-refractivity contribution in [3.63, 3.8) is 0 Å². The lowest BCUT2D eigenvalue weighted by molar-refractivity contribution is 0.0697. The van der Waals surface area contributed by atoms with E-state index in [1.807, 2.05) is 6.07 Å². The second-order valence-electron chi connectivity index (χ2n) is 3.73. The van der Waals surface area contributed by atoms with Crippen LogP contribution in [0.15, 0.2) is 18.2 Å². The number of carbonyl (C=O) groups is 1. The Morgan fingerprint density at radius 2 is 2.07 bits per heavy atom. The van der Waals surface area contributed by atoms with E-state index in [0.717, 1.165) is 12.0 Å². The summed E-state index contributed by atoms with van der Waals surface area (Å²) < 4.78 is 0. The molecule has 2 nitrogen and oxygen atoms in total. The molecule has 14 heavy (non-hydrogen) atoms. The van der Waals surface area contributed by atoms with E-state index in [1.165, 1.54) is 5.56 Å². The van der Waals surface area contributed by atoms with E-state index >= 15 is 0 Å². The molecule has 76 valence electrons. The summed E-state index contributed by atoms with van der Waals surface area (Å²) in [5.74, 6) is -0.473. The minimum atomic E-state index is -0.852. The Bertz CT molecular complexity index is 340. The van der Waals surface area contributed by atoms with Gasteiger partial charge in [0.1, 0.15) is 0 Å². The fourth-order valence-corrected chi connectivity index (χ4v) is 1.59. The van der Waals surface area contributed by atoms with E-state index in [4.69, 9.17) is 5.11 Å². The molecule has 2 heteroatoms. The molecule has 0 saturated carbocycles. The van der Waals surface area contributed by atoms with E-state index in [9.17, 15) is 4.79 Å². The zero-order chi connectivity index (χ0) is 10.7. The topological polar surface area (TPSA) is 37.3 Å². The van der Waals surface area contributed by atoms with Crippen molar-refractivity contribution >= 4 is 5.97 Å². The SMILES string of the molecule is CCc1ccc(C(=O)O)cc1C(C)C. The van der Waals surface area contributed by atoms with Gasteiger partial charge in [-0.1, -0.05) is 26.8 Å². The van der Waals surface area contributed by atoms with Crippen LogP contribution in [0.4, 0.5) is 0 Å². The zero-order valence-electron chi connectivity index (χ0n) is 8.87. The molecule has 1 aromatic carbocycles. The Labute approximate surface area is 84.6 Å². The van der Waals surface area contributed by atoms with E-state index in [1.54, 1.807) is 12.1 Å². The number of aryl methyl sites for hydroxylation is 1. The lowest BCUT2D eigenvalue weighted by Gasteiger charge is -2.12. The quantitative estimate of drug-likeness (QED) is 0.799. The summed E-state index contributed by atoms with van der Waals surface area (Å²) in [5, 5.41) is 8.85. The summed E-state index contributed by atoms with van der Waals surface area (Å²) in [6.45, 7) is 6.25. The Hall–Kier alpha value is -1.31. The van der Waals surface area contributed by atoms with Crippen LogP contribution in [0.5, 0.6) is 0 Å². The molecule has 0 atom stereocenters. The third-order valence-electron chi connectivity index (χ3n) is 2.40. The van der Waals surface area contributed by atoms with Crippen molar-refractivity contribution in [1.82, 2.24) is 0 Å². The Balaban J connectivity index is 3.20. The van der Waals surface area contributed by atoms with Crippen LogP contribution in [0.25, 0.3) is 0 Å². The highest BCUT2D eigenvalue weighted by molar-refractivity contribution is 5.87. The Morgan fingerprint density at radius 1 is 1.43 bits per heavy atom. The molecular formula is C12H16O2. The van der Waals surface area contributed by atoms with Crippen molar-refractivity contribution in [2.45, 2.75) is 33.1 Å². The van der Waals surface area contributed by atoms with E-state index < -0.39 is 5.97 Å². The third kappa shape index (κ3) is 2.13. The Kier molecular flexibility index (Phi) is 3.28. The predicted molar refractivity (Wildman–Crippen MR) is 56.9 cm³/mol. The second kappa shape index (κ2) is 4.27. The van der Waals surface area contributed by atoms with Gasteiger partial charge in [-0.3, -0.25) is 0 Å². The fourth-order valence-electron chi connectivity index (χ4n) is 1.59. The van der Waals surface area contributed by atoms with Gasteiger partial charge >= 0.3 is 5.97 Å². The highest BCUT2D eigenvalue weighted by Crippen LogP contribution is 2.21. The molecule has 0 radical (unpaired) electrons. The number of hydrogen-bond acceptors (Lipinski definition) is 1. The first-order chi connectivity index (χ1) is 6.56. The maximum Gasteiger partial charge on any atom is 0.335 e. The molecule has 0 aliphatic carbocycles. The molecule has 0 aliphatic rings. The van der Waals surface area contributed by atoms with Crippen LogP contribution in [0.1, 0.15) is 48.2 Å². The van der Waals surface area contributed by atoms with Gasteiger partial charge in [0.05, 0.1) is 5.56 Å². The van der Waals surface area contributed by atoms with Crippen LogP contribution in [-0.2, 0) is 6.42 Å². The van der Waals surface area contributed by atoms with E-state index in [0.29, 0.717) is 11.5 Å². The van der Waals surface area contributed by atoms with Crippen LogP contribution in [0.2, 0.25) is 0 Å². The van der Waals surface area contributed by atoms with Gasteiger partial charge in [0.2, 0.25) is 0 Å². The number of rotatable bonds is 3. The highest BCUT2D eigenvalue weighted by atomic mass is 16.4. The van der Waals surface area contributed by atoms with Crippen molar-refractivity contribution in [2.75, 3.05) is 0 Å². The number of aromatic carboxylic acids is 1. The lowest BCUT2D eigenvalue weighted by atomic mass is 9.94. The predicted octanol–water partition coefficient (Wildman–Crippen LogP) is 3.07. The molecule has 0 unspecified atom stereocenters. The molecule has 0 aliphatic heterocycles. The number of benzene rings is 1. The van der Waals surface area contributed by atoms with Crippen molar-refractivity contribution < 1.29 is 9.90 Å². The summed E-state index contributed by atoms with van der Waals surface area (Å²) in [5.41, 5.74) is 2.77. The van der Waals surface area contributed by atoms with E-state index in [-0.39, 0.29) is 0 Å². The molecule has 0 aromatic heterocycles. The van der Waals surface area contributed by atoms with Gasteiger partial charge in [-0.05, 0) is 35.6 Å². The van der Waals surface area contributed by atoms with Gasteiger partial charge in [0.25, 0.3) is 0 Å².